The first kappa shape index (κ1) is 33.6. The summed E-state index contributed by atoms with van der Waals surface area (Å²) < 4.78 is 9.01. The molecule has 8 aromatic carbocycles. The van der Waals surface area contributed by atoms with Crippen molar-refractivity contribution in [2.45, 2.75) is 0 Å². The van der Waals surface area contributed by atoms with Gasteiger partial charge in [0.25, 0.3) is 0 Å². The van der Waals surface area contributed by atoms with Gasteiger partial charge in [-0.1, -0.05) is 127 Å². The number of nitrogens with zero attached hydrogens (tertiary/aromatic N) is 4. The van der Waals surface area contributed by atoms with E-state index in [1.807, 2.05) is 60.7 Å². The molecular formula is C52H30N4OS. The molecule has 5 nitrogen and oxygen atoms in total. The zero-order valence-corrected chi connectivity index (χ0v) is 31.7. The van der Waals surface area contributed by atoms with Gasteiger partial charge in [0.2, 0.25) is 0 Å². The number of rotatable bonds is 6. The van der Waals surface area contributed by atoms with E-state index >= 15 is 0 Å². The molecule has 0 aliphatic carbocycles. The quantitative estimate of drug-likeness (QED) is 0.169. The molecule has 0 aliphatic heterocycles. The van der Waals surface area contributed by atoms with Crippen molar-refractivity contribution in [1.82, 2.24) is 15.0 Å². The summed E-state index contributed by atoms with van der Waals surface area (Å²) in [6.07, 6.45) is 0. The maximum absolute atomic E-state index is 9.57. The highest BCUT2D eigenvalue weighted by molar-refractivity contribution is 7.25. The van der Waals surface area contributed by atoms with Gasteiger partial charge in [-0.2, -0.15) is 5.26 Å². The summed E-state index contributed by atoms with van der Waals surface area (Å²) in [6.45, 7) is 0. The van der Waals surface area contributed by atoms with Crippen LogP contribution in [0.15, 0.2) is 186 Å². The average molecular weight is 759 g/mol. The first-order valence-corrected chi connectivity index (χ1v) is 19.9. The van der Waals surface area contributed by atoms with Crippen LogP contribution >= 0.6 is 11.3 Å². The predicted molar refractivity (Wildman–Crippen MR) is 237 cm³/mol. The summed E-state index contributed by atoms with van der Waals surface area (Å²) in [5.41, 5.74) is 11.3. The van der Waals surface area contributed by atoms with Crippen LogP contribution in [0.5, 0.6) is 0 Å². The van der Waals surface area contributed by atoms with Crippen molar-refractivity contribution < 1.29 is 4.42 Å². The highest BCUT2D eigenvalue weighted by Crippen LogP contribution is 2.40. The van der Waals surface area contributed by atoms with Crippen LogP contribution in [0.2, 0.25) is 0 Å². The SMILES string of the molecule is N#Cc1cccc(-c2cccc(-c3nc(-c4ccc5c(c4)oc4cccc(-c6cccc(-c7ccccc7)c6)c45)nc(-c4ccc5c(c4)sc4ccccc45)n3)c2)c1. The molecule has 11 aromatic rings. The first-order chi connectivity index (χ1) is 28.6. The maximum Gasteiger partial charge on any atom is 0.164 e. The lowest BCUT2D eigenvalue weighted by Gasteiger charge is -2.10. The van der Waals surface area contributed by atoms with Crippen LogP contribution in [0.4, 0.5) is 0 Å². The van der Waals surface area contributed by atoms with E-state index in [0.717, 1.165) is 60.9 Å². The van der Waals surface area contributed by atoms with Crippen LogP contribution in [-0.2, 0) is 0 Å². The van der Waals surface area contributed by atoms with Crippen LogP contribution in [0, 0.1) is 11.3 Å². The van der Waals surface area contributed by atoms with E-state index < -0.39 is 0 Å². The summed E-state index contributed by atoms with van der Waals surface area (Å²) in [5.74, 6) is 1.69. The second-order valence-corrected chi connectivity index (χ2v) is 15.4. The van der Waals surface area contributed by atoms with Gasteiger partial charge in [0.1, 0.15) is 11.2 Å². The summed E-state index contributed by atoms with van der Waals surface area (Å²) in [5, 5.41) is 14.1. The number of furan rings is 1. The molecule has 0 saturated carbocycles. The zero-order valence-electron chi connectivity index (χ0n) is 30.9. The second kappa shape index (κ2) is 13.8. The number of aromatic nitrogens is 3. The molecule has 0 saturated heterocycles. The highest BCUT2D eigenvalue weighted by Gasteiger charge is 2.18. The number of hydrogen-bond donors (Lipinski definition) is 0. The lowest BCUT2D eigenvalue weighted by atomic mass is 9.96. The van der Waals surface area contributed by atoms with Crippen molar-refractivity contribution >= 4 is 53.4 Å². The Balaban J connectivity index is 1.06. The first-order valence-electron chi connectivity index (χ1n) is 19.1. The summed E-state index contributed by atoms with van der Waals surface area (Å²) >= 11 is 1.77. The molecule has 0 spiro atoms. The van der Waals surface area contributed by atoms with Gasteiger partial charge in [-0.3, -0.25) is 0 Å². The Labute approximate surface area is 337 Å². The van der Waals surface area contributed by atoms with Gasteiger partial charge in [-0.25, -0.2) is 15.0 Å². The van der Waals surface area contributed by atoms with Crippen LogP contribution in [0.1, 0.15) is 5.56 Å². The zero-order chi connectivity index (χ0) is 38.6. The van der Waals surface area contributed by atoms with Crippen molar-refractivity contribution in [3.05, 3.63) is 188 Å². The molecule has 0 aliphatic rings. The molecule has 3 heterocycles. The van der Waals surface area contributed by atoms with Crippen molar-refractivity contribution in [1.29, 1.82) is 5.26 Å². The van der Waals surface area contributed by atoms with Gasteiger partial charge < -0.3 is 4.42 Å². The van der Waals surface area contributed by atoms with E-state index in [1.165, 1.54) is 31.3 Å². The number of benzene rings is 8. The van der Waals surface area contributed by atoms with E-state index in [0.29, 0.717) is 23.0 Å². The van der Waals surface area contributed by atoms with Gasteiger partial charge in [-0.15, -0.1) is 11.3 Å². The second-order valence-electron chi connectivity index (χ2n) is 14.3. The van der Waals surface area contributed by atoms with E-state index in [4.69, 9.17) is 19.4 Å². The minimum Gasteiger partial charge on any atom is -0.456 e. The van der Waals surface area contributed by atoms with E-state index in [-0.39, 0.29) is 0 Å². The fourth-order valence-electron chi connectivity index (χ4n) is 7.94. The summed E-state index contributed by atoms with van der Waals surface area (Å²) in [7, 11) is 0. The third-order valence-corrected chi connectivity index (χ3v) is 11.9. The average Bonchev–Trinajstić information content (AvgIpc) is 3.87. The highest BCUT2D eigenvalue weighted by atomic mass is 32.1. The third kappa shape index (κ3) is 5.90. The Morgan fingerprint density at radius 1 is 0.397 bits per heavy atom. The molecule has 11 rings (SSSR count). The minimum atomic E-state index is 0.548. The van der Waals surface area contributed by atoms with Crippen LogP contribution in [-0.4, -0.2) is 15.0 Å². The fourth-order valence-corrected chi connectivity index (χ4v) is 9.08. The smallest absolute Gasteiger partial charge is 0.164 e. The standard InChI is InChI=1S/C52H30N4OS/c53-31-32-10-6-13-34(26-32)36-15-8-17-38(28-36)50-54-51(56-52(55-50)40-22-24-43-42-18-4-5-21-47(42)58-48(43)30-40)39-23-25-44-46(29-39)57-45-20-9-19-41(49(44)45)37-16-7-14-35(27-37)33-11-2-1-3-12-33/h1-30H. The minimum absolute atomic E-state index is 0.548. The van der Waals surface area contributed by atoms with Crippen LogP contribution < -0.4 is 0 Å². The Hall–Kier alpha value is -7.72. The third-order valence-electron chi connectivity index (χ3n) is 10.8. The topological polar surface area (TPSA) is 75.6 Å². The van der Waals surface area contributed by atoms with Crippen molar-refractivity contribution in [2.24, 2.45) is 0 Å². The van der Waals surface area contributed by atoms with Crippen LogP contribution in [0.3, 0.4) is 0 Å². The largest absolute Gasteiger partial charge is 0.456 e. The summed E-state index contributed by atoms with van der Waals surface area (Å²) in [6, 6.07) is 64.6. The lowest BCUT2D eigenvalue weighted by molar-refractivity contribution is 0.669. The molecule has 0 bridgehead atoms. The Bertz CT molecular complexity index is 3430. The van der Waals surface area contributed by atoms with Gasteiger partial charge in [0, 0.05) is 47.6 Å². The fraction of sp³-hybridized carbons (Fsp3) is 0. The van der Waals surface area contributed by atoms with E-state index in [9.17, 15) is 5.26 Å². The van der Waals surface area contributed by atoms with Crippen molar-refractivity contribution in [3.8, 4) is 73.6 Å². The molecule has 0 N–H and O–H groups in total. The molecule has 0 amide bonds. The number of hydrogen-bond acceptors (Lipinski definition) is 6. The normalized spacial score (nSPS) is 11.4. The van der Waals surface area contributed by atoms with Crippen LogP contribution in [0.25, 0.3) is 110 Å². The van der Waals surface area contributed by atoms with Crippen molar-refractivity contribution in [3.63, 3.8) is 0 Å². The number of fused-ring (bicyclic) bond motifs is 6. The van der Waals surface area contributed by atoms with E-state index in [2.05, 4.69) is 127 Å². The van der Waals surface area contributed by atoms with Gasteiger partial charge >= 0.3 is 0 Å². The Kier molecular flexibility index (Phi) is 7.99. The lowest BCUT2D eigenvalue weighted by Crippen LogP contribution is -2.00. The predicted octanol–water partition coefficient (Wildman–Crippen LogP) is 14.0. The van der Waals surface area contributed by atoms with Gasteiger partial charge in [0.05, 0.1) is 11.6 Å². The maximum atomic E-state index is 9.57. The van der Waals surface area contributed by atoms with Gasteiger partial charge in [-0.05, 0) is 88.0 Å². The monoisotopic (exact) mass is 758 g/mol. The number of thiophene rings is 1. The Morgan fingerprint density at radius 3 is 1.76 bits per heavy atom. The molecule has 3 aromatic heterocycles. The molecule has 0 atom stereocenters. The molecule has 0 fully saturated rings. The molecular weight excluding hydrogens is 729 g/mol. The van der Waals surface area contributed by atoms with Crippen molar-refractivity contribution in [2.75, 3.05) is 0 Å². The Morgan fingerprint density at radius 2 is 0.966 bits per heavy atom. The number of nitriles is 1. The molecule has 0 unspecified atom stereocenters. The molecule has 270 valence electrons. The summed E-state index contributed by atoms with van der Waals surface area (Å²) in [4.78, 5) is 15.4. The van der Waals surface area contributed by atoms with Gasteiger partial charge in [0.15, 0.2) is 17.5 Å². The molecule has 6 heteroatoms. The molecule has 0 radical (unpaired) electrons. The van der Waals surface area contributed by atoms with E-state index in [1.54, 1.807) is 11.3 Å². The molecule has 58 heavy (non-hydrogen) atoms.